The molecule has 4 aromatic rings. The van der Waals surface area contributed by atoms with E-state index in [2.05, 4.69) is 20.6 Å². The number of phenolic OH excluding ortho intramolecular Hbond substituents is 1. The molecule has 0 bridgehead atoms. The molecule has 0 fully saturated rings. The molecule has 0 atom stereocenters. The molecule has 4 N–H and O–H groups in total. The minimum Gasteiger partial charge on any atom is -0.507 e. The van der Waals surface area contributed by atoms with Crippen LogP contribution < -0.4 is 10.6 Å². The van der Waals surface area contributed by atoms with Crippen LogP contribution in [-0.2, 0) is 4.79 Å². The summed E-state index contributed by atoms with van der Waals surface area (Å²) >= 11 is 0. The van der Waals surface area contributed by atoms with Crippen LogP contribution in [0.3, 0.4) is 0 Å². The van der Waals surface area contributed by atoms with Crippen molar-refractivity contribution in [2.45, 2.75) is 0 Å². The predicted molar refractivity (Wildman–Crippen MR) is 108 cm³/mol. The highest BCUT2D eigenvalue weighted by molar-refractivity contribution is 6.11. The predicted octanol–water partition coefficient (Wildman–Crippen LogP) is 3.88. The second-order valence-corrected chi connectivity index (χ2v) is 6.08. The maximum atomic E-state index is 12.5. The summed E-state index contributed by atoms with van der Waals surface area (Å²) in [6.45, 7) is 0. The first kappa shape index (κ1) is 17.1. The molecule has 0 aliphatic carbocycles. The van der Waals surface area contributed by atoms with Crippen LogP contribution >= 0.6 is 0 Å². The molecule has 1 amide bonds. The molecule has 0 aliphatic rings. The van der Waals surface area contributed by atoms with Gasteiger partial charge in [-0.2, -0.15) is 5.26 Å². The van der Waals surface area contributed by atoms with Crippen LogP contribution in [-0.4, -0.2) is 21.0 Å². The Morgan fingerprint density at radius 1 is 1.14 bits per heavy atom. The molecule has 0 spiro atoms. The molecule has 0 saturated carbocycles. The number of imidazole rings is 1. The van der Waals surface area contributed by atoms with E-state index in [1.807, 2.05) is 18.2 Å². The van der Waals surface area contributed by atoms with Crippen molar-refractivity contribution in [2.24, 2.45) is 0 Å². The number of nitrogens with zero attached hydrogens (tertiary/aromatic N) is 2. The monoisotopic (exact) mass is 369 g/mol. The molecule has 4 rings (SSSR count). The highest BCUT2D eigenvalue weighted by atomic mass is 16.3. The molecule has 3 aromatic carbocycles. The van der Waals surface area contributed by atoms with Gasteiger partial charge in [0.1, 0.15) is 17.4 Å². The zero-order valence-electron chi connectivity index (χ0n) is 14.6. The molecule has 0 radical (unpaired) electrons. The van der Waals surface area contributed by atoms with E-state index < -0.39 is 5.91 Å². The molecular formula is C21H15N5O2. The molecule has 1 heterocycles. The van der Waals surface area contributed by atoms with E-state index in [0.717, 1.165) is 11.0 Å². The van der Waals surface area contributed by atoms with Gasteiger partial charge in [0.25, 0.3) is 5.91 Å². The van der Waals surface area contributed by atoms with Crippen molar-refractivity contribution in [1.82, 2.24) is 9.97 Å². The number of nitrogens with one attached hydrogen (secondary N) is 3. The third-order valence-electron chi connectivity index (χ3n) is 4.32. The first-order chi connectivity index (χ1) is 13.7. The van der Waals surface area contributed by atoms with Gasteiger partial charge in [-0.3, -0.25) is 4.79 Å². The van der Waals surface area contributed by atoms with Crippen molar-refractivity contribution >= 4 is 39.1 Å². The Kier molecular flexibility index (Phi) is 4.36. The molecule has 0 aliphatic heterocycles. The Bertz CT molecular complexity index is 1270. The highest BCUT2D eigenvalue weighted by Crippen LogP contribution is 2.30. The number of anilines is 2. The molecule has 7 heteroatoms. The highest BCUT2D eigenvalue weighted by Gasteiger charge is 2.12. The topological polar surface area (TPSA) is 114 Å². The lowest BCUT2D eigenvalue weighted by Crippen LogP contribution is -2.14. The van der Waals surface area contributed by atoms with Gasteiger partial charge in [-0.15, -0.1) is 0 Å². The van der Waals surface area contributed by atoms with Gasteiger partial charge in [-0.1, -0.05) is 24.3 Å². The van der Waals surface area contributed by atoms with Gasteiger partial charge in [0, 0.05) is 28.3 Å². The lowest BCUT2D eigenvalue weighted by Gasteiger charge is -2.09. The Morgan fingerprint density at radius 2 is 1.96 bits per heavy atom. The van der Waals surface area contributed by atoms with Crippen LogP contribution in [0.2, 0.25) is 0 Å². The minimum atomic E-state index is -0.548. The van der Waals surface area contributed by atoms with E-state index in [4.69, 9.17) is 0 Å². The zero-order valence-corrected chi connectivity index (χ0v) is 14.6. The summed E-state index contributed by atoms with van der Waals surface area (Å²) < 4.78 is 0. The number of amides is 1. The summed E-state index contributed by atoms with van der Waals surface area (Å²) in [5.41, 5.74) is 2.82. The van der Waals surface area contributed by atoms with Gasteiger partial charge in [0.15, 0.2) is 0 Å². The van der Waals surface area contributed by atoms with E-state index in [1.54, 1.807) is 48.8 Å². The van der Waals surface area contributed by atoms with Gasteiger partial charge in [0.05, 0.1) is 17.4 Å². The largest absolute Gasteiger partial charge is 0.507 e. The quantitative estimate of drug-likeness (QED) is 0.322. The van der Waals surface area contributed by atoms with Crippen LogP contribution in [0.15, 0.2) is 72.7 Å². The third kappa shape index (κ3) is 3.22. The number of aromatic amines is 1. The van der Waals surface area contributed by atoms with Gasteiger partial charge >= 0.3 is 0 Å². The van der Waals surface area contributed by atoms with Crippen LogP contribution in [0.4, 0.5) is 11.4 Å². The standard InChI is InChI=1S/C21H15N5O2/c22-10-13(11-23-14-7-8-18-19(9-14)25-12-24-18)21(28)26-17-5-1-4-16-15(17)3-2-6-20(16)27/h1-9,11-12,23,27H,(H,24,25)(H,26,28)/b13-11-. The van der Waals surface area contributed by atoms with Gasteiger partial charge < -0.3 is 20.7 Å². The summed E-state index contributed by atoms with van der Waals surface area (Å²) in [5.74, 6) is -0.422. The van der Waals surface area contributed by atoms with Crippen LogP contribution in [0.5, 0.6) is 5.75 Å². The average molecular weight is 369 g/mol. The normalized spacial score (nSPS) is 11.3. The number of fused-ring (bicyclic) bond motifs is 2. The lowest BCUT2D eigenvalue weighted by atomic mass is 10.1. The van der Waals surface area contributed by atoms with E-state index in [-0.39, 0.29) is 11.3 Å². The Hall–Kier alpha value is -4.31. The van der Waals surface area contributed by atoms with Crippen molar-refractivity contribution in [1.29, 1.82) is 5.26 Å². The fourth-order valence-electron chi connectivity index (χ4n) is 2.92. The van der Waals surface area contributed by atoms with Crippen LogP contribution in [0.1, 0.15) is 0 Å². The maximum Gasteiger partial charge on any atom is 0.267 e. The van der Waals surface area contributed by atoms with Crippen molar-refractivity contribution < 1.29 is 9.90 Å². The van der Waals surface area contributed by atoms with Gasteiger partial charge in [0.2, 0.25) is 0 Å². The fraction of sp³-hybridized carbons (Fsp3) is 0. The third-order valence-corrected chi connectivity index (χ3v) is 4.32. The van der Waals surface area contributed by atoms with E-state index in [0.29, 0.717) is 22.1 Å². The van der Waals surface area contributed by atoms with Crippen molar-refractivity contribution in [3.05, 3.63) is 72.7 Å². The molecule has 28 heavy (non-hydrogen) atoms. The Balaban J connectivity index is 1.57. The average Bonchev–Trinajstić information content (AvgIpc) is 3.17. The Labute approximate surface area is 159 Å². The first-order valence-corrected chi connectivity index (χ1v) is 8.48. The van der Waals surface area contributed by atoms with Gasteiger partial charge in [-0.05, 0) is 30.3 Å². The number of H-pyrrole nitrogens is 1. The minimum absolute atomic E-state index is 0.0816. The number of phenols is 1. The van der Waals surface area contributed by atoms with Crippen LogP contribution in [0.25, 0.3) is 21.8 Å². The molecule has 0 saturated heterocycles. The smallest absolute Gasteiger partial charge is 0.267 e. The summed E-state index contributed by atoms with van der Waals surface area (Å²) in [7, 11) is 0. The van der Waals surface area contributed by atoms with E-state index >= 15 is 0 Å². The molecule has 0 unspecified atom stereocenters. The van der Waals surface area contributed by atoms with Crippen LogP contribution in [0, 0.1) is 11.3 Å². The molecule has 136 valence electrons. The number of aromatic nitrogens is 2. The molecule has 7 nitrogen and oxygen atoms in total. The van der Waals surface area contributed by atoms with Crippen molar-refractivity contribution in [3.8, 4) is 11.8 Å². The zero-order chi connectivity index (χ0) is 19.5. The number of rotatable bonds is 4. The number of carbonyl (C=O) groups is 1. The van der Waals surface area contributed by atoms with Crippen molar-refractivity contribution in [3.63, 3.8) is 0 Å². The maximum absolute atomic E-state index is 12.5. The number of nitriles is 1. The summed E-state index contributed by atoms with van der Waals surface area (Å²) in [4.78, 5) is 19.7. The summed E-state index contributed by atoms with van der Waals surface area (Å²) in [6.07, 6.45) is 2.95. The second-order valence-electron chi connectivity index (χ2n) is 6.08. The number of benzene rings is 3. The lowest BCUT2D eigenvalue weighted by molar-refractivity contribution is -0.112. The van der Waals surface area contributed by atoms with E-state index in [1.165, 1.54) is 6.20 Å². The first-order valence-electron chi connectivity index (χ1n) is 8.48. The number of hydrogen-bond donors (Lipinski definition) is 4. The summed E-state index contributed by atoms with van der Waals surface area (Å²) in [6, 6.07) is 17.6. The molecular weight excluding hydrogens is 354 g/mol. The number of hydrogen-bond acceptors (Lipinski definition) is 5. The number of aromatic hydroxyl groups is 1. The van der Waals surface area contributed by atoms with Crippen molar-refractivity contribution in [2.75, 3.05) is 10.6 Å². The SMILES string of the molecule is N#C/C(=C/Nc1ccc2nc[nH]c2c1)C(=O)Nc1cccc2c(O)cccc12. The fourth-order valence-corrected chi connectivity index (χ4v) is 2.92. The number of carbonyl (C=O) groups excluding carboxylic acids is 1. The Morgan fingerprint density at radius 3 is 2.82 bits per heavy atom. The van der Waals surface area contributed by atoms with E-state index in [9.17, 15) is 15.2 Å². The second kappa shape index (κ2) is 7.13. The van der Waals surface area contributed by atoms with Gasteiger partial charge in [-0.25, -0.2) is 4.98 Å². The molecule has 1 aromatic heterocycles. The summed E-state index contributed by atoms with van der Waals surface area (Å²) in [5, 5.41) is 26.3.